The summed E-state index contributed by atoms with van der Waals surface area (Å²) in [4.78, 5) is 36.8. The molecule has 0 bridgehead atoms. The highest BCUT2D eigenvalue weighted by Gasteiger charge is 2.59. The van der Waals surface area contributed by atoms with E-state index in [0.717, 1.165) is 25.2 Å². The Kier molecular flexibility index (Phi) is 8.56. The van der Waals surface area contributed by atoms with E-state index in [1.807, 2.05) is 0 Å². The first-order valence-corrected chi connectivity index (χ1v) is 13.8. The maximum Gasteiger partial charge on any atom is 0.303 e. The molecule has 0 aromatic carbocycles. The van der Waals surface area contributed by atoms with Crippen LogP contribution in [0.25, 0.3) is 0 Å². The zero-order valence-electron chi connectivity index (χ0n) is 22.4. The van der Waals surface area contributed by atoms with E-state index in [1.165, 1.54) is 32.6 Å². The second-order valence-electron chi connectivity index (χ2n) is 12.8. The fourth-order valence-corrected chi connectivity index (χ4v) is 8.46. The SMILES string of the molecule is CC(=O)O[C@H]1CC[C@@](C)([C@H]2CC[C@]3(C)[C@@H]([C@@H](C)CCCC(C)C)CC[C@H]3[C@H]2CC(=O)O)C(=O)C1. The molecule has 3 fully saturated rings. The number of Topliss-reactive ketones (excluding diaryl/α,β-unsaturated/α-hetero) is 1. The summed E-state index contributed by atoms with van der Waals surface area (Å²) < 4.78 is 5.35. The smallest absolute Gasteiger partial charge is 0.303 e. The average molecular weight is 477 g/mol. The van der Waals surface area contributed by atoms with E-state index < -0.39 is 11.4 Å². The Labute approximate surface area is 206 Å². The highest BCUT2D eigenvalue weighted by molar-refractivity contribution is 5.86. The molecule has 3 saturated carbocycles. The van der Waals surface area contributed by atoms with Crippen molar-refractivity contribution in [2.75, 3.05) is 0 Å². The van der Waals surface area contributed by atoms with Crippen LogP contribution in [0.2, 0.25) is 0 Å². The van der Waals surface area contributed by atoms with Gasteiger partial charge in [-0.25, -0.2) is 0 Å². The third kappa shape index (κ3) is 5.54. The van der Waals surface area contributed by atoms with Crippen LogP contribution < -0.4 is 0 Å². The molecule has 3 aliphatic carbocycles. The summed E-state index contributed by atoms with van der Waals surface area (Å²) in [6.45, 7) is 12.9. The van der Waals surface area contributed by atoms with Crippen molar-refractivity contribution in [3.63, 3.8) is 0 Å². The summed E-state index contributed by atoms with van der Waals surface area (Å²) in [5.74, 6) is 1.64. The minimum absolute atomic E-state index is 0.0448. The van der Waals surface area contributed by atoms with E-state index in [1.54, 1.807) is 0 Å². The zero-order valence-corrected chi connectivity index (χ0v) is 22.4. The Balaban J connectivity index is 1.78. The fraction of sp³-hybridized carbons (Fsp3) is 0.897. The van der Waals surface area contributed by atoms with Gasteiger partial charge in [-0.1, -0.05) is 53.9 Å². The molecule has 3 rings (SSSR count). The Morgan fingerprint density at radius 2 is 1.74 bits per heavy atom. The van der Waals surface area contributed by atoms with Crippen LogP contribution >= 0.6 is 0 Å². The number of aliphatic carboxylic acids is 1. The Bertz CT molecular complexity index is 760. The minimum Gasteiger partial charge on any atom is -0.481 e. The van der Waals surface area contributed by atoms with Crippen molar-refractivity contribution in [3.8, 4) is 0 Å². The number of ether oxygens (including phenoxy) is 1. The lowest BCUT2D eigenvalue weighted by molar-refractivity contribution is -0.159. The first kappa shape index (κ1) is 27.2. The summed E-state index contributed by atoms with van der Waals surface area (Å²) >= 11 is 0. The maximum absolute atomic E-state index is 13.4. The van der Waals surface area contributed by atoms with Gasteiger partial charge < -0.3 is 9.84 Å². The molecule has 0 amide bonds. The number of rotatable bonds is 9. The van der Waals surface area contributed by atoms with Gasteiger partial charge in [0.05, 0.1) is 0 Å². The molecule has 0 radical (unpaired) electrons. The molecule has 0 saturated heterocycles. The van der Waals surface area contributed by atoms with E-state index in [9.17, 15) is 19.5 Å². The van der Waals surface area contributed by atoms with Crippen LogP contribution in [-0.2, 0) is 19.1 Å². The number of hydrogen-bond acceptors (Lipinski definition) is 4. The summed E-state index contributed by atoms with van der Waals surface area (Å²) in [7, 11) is 0. The maximum atomic E-state index is 13.4. The van der Waals surface area contributed by atoms with E-state index in [4.69, 9.17) is 4.74 Å². The van der Waals surface area contributed by atoms with E-state index in [0.29, 0.717) is 30.6 Å². The van der Waals surface area contributed by atoms with E-state index in [-0.39, 0.29) is 47.9 Å². The summed E-state index contributed by atoms with van der Waals surface area (Å²) in [6.07, 6.45) is 9.57. The van der Waals surface area contributed by atoms with Gasteiger partial charge in [-0.2, -0.15) is 0 Å². The standard InChI is InChI=1S/C29H48O5/c1-18(2)8-7-9-19(3)23-10-11-24-22(17-27(32)33)25(13-15-28(23,24)5)29(6)14-12-21(16-26(29)31)34-20(4)30/h18-19,21-25H,7-17H2,1-6H3,(H,32,33)/t19-,21-,22+,23+,24-,25-,28+,29-/m0/s1. The average Bonchev–Trinajstić information content (AvgIpc) is 3.07. The normalized spacial score (nSPS) is 39.0. The van der Waals surface area contributed by atoms with Crippen LogP contribution in [-0.4, -0.2) is 28.9 Å². The van der Waals surface area contributed by atoms with Gasteiger partial charge in [0.25, 0.3) is 0 Å². The number of esters is 1. The number of fused-ring (bicyclic) bond motifs is 1. The van der Waals surface area contributed by atoms with E-state index >= 15 is 0 Å². The molecule has 0 unspecified atom stereocenters. The van der Waals surface area contributed by atoms with Gasteiger partial charge in [-0.3, -0.25) is 14.4 Å². The topological polar surface area (TPSA) is 80.7 Å². The lowest BCUT2D eigenvalue weighted by Crippen LogP contribution is -2.52. The van der Waals surface area contributed by atoms with Gasteiger partial charge in [-0.05, 0) is 79.4 Å². The van der Waals surface area contributed by atoms with Crippen LogP contribution in [0.3, 0.4) is 0 Å². The first-order valence-electron chi connectivity index (χ1n) is 13.8. The highest BCUT2D eigenvalue weighted by atomic mass is 16.5. The van der Waals surface area contributed by atoms with Gasteiger partial charge in [0.15, 0.2) is 0 Å². The van der Waals surface area contributed by atoms with Crippen LogP contribution in [0, 0.1) is 46.3 Å². The molecule has 0 aliphatic heterocycles. The van der Waals surface area contributed by atoms with Gasteiger partial charge >= 0.3 is 11.9 Å². The number of carbonyl (C=O) groups excluding carboxylic acids is 2. The molecule has 194 valence electrons. The minimum atomic E-state index is -0.739. The molecule has 5 nitrogen and oxygen atoms in total. The molecule has 1 N–H and O–H groups in total. The van der Waals surface area contributed by atoms with Crippen molar-refractivity contribution in [2.45, 2.75) is 118 Å². The van der Waals surface area contributed by atoms with E-state index in [2.05, 4.69) is 34.6 Å². The van der Waals surface area contributed by atoms with Crippen molar-refractivity contribution >= 4 is 17.7 Å². The predicted molar refractivity (Wildman–Crippen MR) is 133 cm³/mol. The fourth-order valence-electron chi connectivity index (χ4n) is 8.46. The number of hydrogen-bond donors (Lipinski definition) is 1. The molecule has 34 heavy (non-hydrogen) atoms. The second kappa shape index (κ2) is 10.7. The Morgan fingerprint density at radius 1 is 1.03 bits per heavy atom. The van der Waals surface area contributed by atoms with Crippen LogP contribution in [0.1, 0.15) is 112 Å². The first-order chi connectivity index (χ1) is 15.9. The monoisotopic (exact) mass is 476 g/mol. The predicted octanol–water partition coefficient (Wildman–Crippen LogP) is 6.67. The van der Waals surface area contributed by atoms with Gasteiger partial charge in [0, 0.05) is 25.2 Å². The van der Waals surface area contributed by atoms with Crippen molar-refractivity contribution in [1.29, 1.82) is 0 Å². The molecular weight excluding hydrogens is 428 g/mol. The van der Waals surface area contributed by atoms with Crippen LogP contribution in [0.15, 0.2) is 0 Å². The molecule has 0 aromatic rings. The molecule has 8 atom stereocenters. The molecule has 5 heteroatoms. The summed E-state index contributed by atoms with van der Waals surface area (Å²) in [5, 5.41) is 9.88. The second-order valence-corrected chi connectivity index (χ2v) is 12.8. The Morgan fingerprint density at radius 3 is 2.32 bits per heavy atom. The third-order valence-electron chi connectivity index (χ3n) is 10.2. The number of carbonyl (C=O) groups is 3. The van der Waals surface area contributed by atoms with Crippen LogP contribution in [0.4, 0.5) is 0 Å². The highest BCUT2D eigenvalue weighted by Crippen LogP contribution is 2.65. The van der Waals surface area contributed by atoms with Gasteiger partial charge in [-0.15, -0.1) is 0 Å². The van der Waals surface area contributed by atoms with Gasteiger partial charge in [0.1, 0.15) is 11.9 Å². The summed E-state index contributed by atoms with van der Waals surface area (Å²) in [6, 6.07) is 0. The van der Waals surface area contributed by atoms with Crippen molar-refractivity contribution in [1.82, 2.24) is 0 Å². The van der Waals surface area contributed by atoms with Crippen molar-refractivity contribution in [2.24, 2.45) is 46.3 Å². The van der Waals surface area contributed by atoms with Crippen molar-refractivity contribution < 1.29 is 24.2 Å². The van der Waals surface area contributed by atoms with Gasteiger partial charge in [0.2, 0.25) is 0 Å². The summed E-state index contributed by atoms with van der Waals surface area (Å²) in [5.41, 5.74) is -0.346. The molecule has 0 aromatic heterocycles. The molecule has 0 spiro atoms. The largest absolute Gasteiger partial charge is 0.481 e. The zero-order chi connectivity index (χ0) is 25.3. The number of carboxylic acids is 1. The lowest BCUT2D eigenvalue weighted by Gasteiger charge is -2.55. The lowest BCUT2D eigenvalue weighted by atomic mass is 9.49. The molecule has 3 aliphatic rings. The molecule has 0 heterocycles. The molecular formula is C29H48O5. The number of carboxylic acid groups (broad SMARTS) is 1. The number of ketones is 1. The Hall–Kier alpha value is -1.39. The van der Waals surface area contributed by atoms with Crippen molar-refractivity contribution in [3.05, 3.63) is 0 Å². The third-order valence-corrected chi connectivity index (χ3v) is 10.2. The quantitative estimate of drug-likeness (QED) is 0.376. The van der Waals surface area contributed by atoms with Crippen LogP contribution in [0.5, 0.6) is 0 Å².